The number of benzene rings is 1. The lowest BCUT2D eigenvalue weighted by Gasteiger charge is -2.31. The van der Waals surface area contributed by atoms with E-state index in [0.717, 1.165) is 26.1 Å². The maximum atomic E-state index is 11.5. The minimum absolute atomic E-state index is 0.210. The first kappa shape index (κ1) is 12.6. The Bertz CT molecular complexity index is 470. The third kappa shape index (κ3) is 3.14. The SMILES string of the molecule is NC(=O)C(CN1CCc2ccccc2C1)NC1CC1. The molecule has 0 bridgehead atoms. The molecule has 4 nitrogen and oxygen atoms in total. The summed E-state index contributed by atoms with van der Waals surface area (Å²) in [5.74, 6) is -0.231. The number of nitrogens with zero attached hydrogens (tertiary/aromatic N) is 1. The molecule has 2 aliphatic rings. The Hall–Kier alpha value is -1.39. The van der Waals surface area contributed by atoms with Crippen LogP contribution < -0.4 is 11.1 Å². The van der Waals surface area contributed by atoms with Crippen molar-refractivity contribution in [3.8, 4) is 0 Å². The average Bonchev–Trinajstić information content (AvgIpc) is 3.22. The first-order chi connectivity index (χ1) is 9.22. The van der Waals surface area contributed by atoms with Crippen LogP contribution in [0.2, 0.25) is 0 Å². The van der Waals surface area contributed by atoms with Gasteiger partial charge in [-0.1, -0.05) is 24.3 Å². The predicted octanol–water partition coefficient (Wildman–Crippen LogP) is 0.651. The van der Waals surface area contributed by atoms with Crippen molar-refractivity contribution in [3.63, 3.8) is 0 Å². The molecule has 1 fully saturated rings. The summed E-state index contributed by atoms with van der Waals surface area (Å²) >= 11 is 0. The third-order valence-corrected chi connectivity index (χ3v) is 4.01. The Morgan fingerprint density at radius 3 is 2.79 bits per heavy atom. The molecular weight excluding hydrogens is 238 g/mol. The number of rotatable bonds is 5. The van der Waals surface area contributed by atoms with Gasteiger partial charge in [0.2, 0.25) is 5.91 Å². The fourth-order valence-corrected chi connectivity index (χ4v) is 2.73. The number of nitrogens with two attached hydrogens (primary N) is 1. The molecule has 3 N–H and O–H groups in total. The lowest BCUT2D eigenvalue weighted by Crippen LogP contribution is -2.50. The second-order valence-corrected chi connectivity index (χ2v) is 5.65. The highest BCUT2D eigenvalue weighted by molar-refractivity contribution is 5.80. The molecule has 0 spiro atoms. The highest BCUT2D eigenvalue weighted by Crippen LogP contribution is 2.21. The van der Waals surface area contributed by atoms with E-state index in [4.69, 9.17) is 5.73 Å². The van der Waals surface area contributed by atoms with E-state index in [-0.39, 0.29) is 11.9 Å². The molecule has 0 saturated heterocycles. The van der Waals surface area contributed by atoms with Gasteiger partial charge in [0.25, 0.3) is 0 Å². The van der Waals surface area contributed by atoms with E-state index in [0.29, 0.717) is 6.04 Å². The maximum absolute atomic E-state index is 11.5. The normalized spacial score (nSPS) is 20.8. The molecule has 1 unspecified atom stereocenters. The molecule has 3 rings (SSSR count). The van der Waals surface area contributed by atoms with Crippen LogP contribution in [-0.2, 0) is 17.8 Å². The van der Waals surface area contributed by atoms with Gasteiger partial charge >= 0.3 is 0 Å². The van der Waals surface area contributed by atoms with Crippen molar-refractivity contribution in [2.45, 2.75) is 37.9 Å². The summed E-state index contributed by atoms with van der Waals surface area (Å²) in [7, 11) is 0. The summed E-state index contributed by atoms with van der Waals surface area (Å²) in [6.07, 6.45) is 3.41. The minimum atomic E-state index is -0.231. The fraction of sp³-hybridized carbons (Fsp3) is 0.533. The molecule has 102 valence electrons. The second kappa shape index (κ2) is 5.31. The summed E-state index contributed by atoms with van der Waals surface area (Å²) in [6.45, 7) is 2.65. The van der Waals surface area contributed by atoms with Gasteiger partial charge in [-0.2, -0.15) is 0 Å². The van der Waals surface area contributed by atoms with Crippen LogP contribution in [-0.4, -0.2) is 36.0 Å². The van der Waals surface area contributed by atoms with Crippen molar-refractivity contribution in [2.75, 3.05) is 13.1 Å². The zero-order valence-corrected chi connectivity index (χ0v) is 11.1. The first-order valence-electron chi connectivity index (χ1n) is 7.07. The van der Waals surface area contributed by atoms with Gasteiger partial charge in [-0.05, 0) is 30.4 Å². The lowest BCUT2D eigenvalue weighted by molar-refractivity contribution is -0.120. The summed E-state index contributed by atoms with van der Waals surface area (Å²) in [5, 5.41) is 3.35. The predicted molar refractivity (Wildman–Crippen MR) is 74.6 cm³/mol. The molecule has 19 heavy (non-hydrogen) atoms. The molecule has 1 aromatic carbocycles. The standard InChI is InChI=1S/C15H21N3O/c16-15(19)14(17-13-5-6-13)10-18-8-7-11-3-1-2-4-12(11)9-18/h1-4,13-14,17H,5-10H2,(H2,16,19). The molecule has 0 radical (unpaired) electrons. The van der Waals surface area contributed by atoms with Crippen LogP contribution in [0.4, 0.5) is 0 Å². The Morgan fingerprint density at radius 1 is 1.37 bits per heavy atom. The summed E-state index contributed by atoms with van der Waals surface area (Å²) in [4.78, 5) is 13.8. The topological polar surface area (TPSA) is 58.4 Å². The number of nitrogens with one attached hydrogen (secondary N) is 1. The Labute approximate surface area is 114 Å². The monoisotopic (exact) mass is 259 g/mol. The quantitative estimate of drug-likeness (QED) is 0.816. The van der Waals surface area contributed by atoms with E-state index < -0.39 is 0 Å². The molecule has 0 aromatic heterocycles. The van der Waals surface area contributed by atoms with E-state index in [2.05, 4.69) is 34.5 Å². The number of amides is 1. The smallest absolute Gasteiger partial charge is 0.235 e. The Kier molecular flexibility index (Phi) is 3.53. The molecule has 1 aliphatic heterocycles. The second-order valence-electron chi connectivity index (χ2n) is 5.65. The summed E-state index contributed by atoms with van der Waals surface area (Å²) < 4.78 is 0. The van der Waals surface area contributed by atoms with Crippen LogP contribution in [0, 0.1) is 0 Å². The van der Waals surface area contributed by atoms with Gasteiger partial charge in [0.05, 0.1) is 6.04 Å². The number of hydrogen-bond donors (Lipinski definition) is 2. The Morgan fingerprint density at radius 2 is 2.11 bits per heavy atom. The van der Waals surface area contributed by atoms with Gasteiger partial charge in [0, 0.05) is 25.7 Å². The van der Waals surface area contributed by atoms with Crippen LogP contribution >= 0.6 is 0 Å². The summed E-state index contributed by atoms with van der Waals surface area (Å²) in [5.41, 5.74) is 8.31. The van der Waals surface area contributed by atoms with Crippen LogP contribution in [0.1, 0.15) is 24.0 Å². The van der Waals surface area contributed by atoms with Gasteiger partial charge < -0.3 is 11.1 Å². The minimum Gasteiger partial charge on any atom is -0.368 e. The van der Waals surface area contributed by atoms with Gasteiger partial charge in [-0.25, -0.2) is 0 Å². The highest BCUT2D eigenvalue weighted by atomic mass is 16.1. The zero-order valence-electron chi connectivity index (χ0n) is 11.1. The molecule has 1 aliphatic carbocycles. The van der Waals surface area contributed by atoms with E-state index in [1.165, 1.54) is 24.0 Å². The third-order valence-electron chi connectivity index (χ3n) is 4.01. The number of fused-ring (bicyclic) bond motifs is 1. The van der Waals surface area contributed by atoms with Crippen LogP contribution in [0.25, 0.3) is 0 Å². The van der Waals surface area contributed by atoms with E-state index >= 15 is 0 Å². The summed E-state index contributed by atoms with van der Waals surface area (Å²) in [6, 6.07) is 8.84. The van der Waals surface area contributed by atoms with Crippen molar-refractivity contribution in [1.82, 2.24) is 10.2 Å². The van der Waals surface area contributed by atoms with Gasteiger partial charge in [-0.15, -0.1) is 0 Å². The van der Waals surface area contributed by atoms with Crippen molar-refractivity contribution in [1.29, 1.82) is 0 Å². The maximum Gasteiger partial charge on any atom is 0.235 e. The molecule has 1 saturated carbocycles. The number of primary amides is 1. The van der Waals surface area contributed by atoms with Crippen LogP contribution in [0.5, 0.6) is 0 Å². The fourth-order valence-electron chi connectivity index (χ4n) is 2.73. The van der Waals surface area contributed by atoms with E-state index in [1.54, 1.807) is 0 Å². The van der Waals surface area contributed by atoms with Crippen molar-refractivity contribution >= 4 is 5.91 Å². The zero-order chi connectivity index (χ0) is 13.2. The Balaban J connectivity index is 1.62. The average molecular weight is 259 g/mol. The molecule has 1 heterocycles. The number of hydrogen-bond acceptors (Lipinski definition) is 3. The van der Waals surface area contributed by atoms with E-state index in [1.807, 2.05) is 0 Å². The molecule has 1 aromatic rings. The molecular formula is C15H21N3O. The first-order valence-corrected chi connectivity index (χ1v) is 7.07. The number of carbonyl (C=O) groups excluding carboxylic acids is 1. The largest absolute Gasteiger partial charge is 0.368 e. The van der Waals surface area contributed by atoms with Crippen LogP contribution in [0.3, 0.4) is 0 Å². The van der Waals surface area contributed by atoms with Gasteiger partial charge in [0.15, 0.2) is 0 Å². The number of carbonyl (C=O) groups is 1. The highest BCUT2D eigenvalue weighted by Gasteiger charge is 2.29. The molecule has 1 amide bonds. The lowest BCUT2D eigenvalue weighted by atomic mass is 9.99. The van der Waals surface area contributed by atoms with Crippen LogP contribution in [0.15, 0.2) is 24.3 Å². The van der Waals surface area contributed by atoms with Crippen molar-refractivity contribution in [2.24, 2.45) is 5.73 Å². The molecule has 1 atom stereocenters. The molecule has 4 heteroatoms. The van der Waals surface area contributed by atoms with Gasteiger partial charge in [-0.3, -0.25) is 9.69 Å². The van der Waals surface area contributed by atoms with Crippen molar-refractivity contribution < 1.29 is 4.79 Å². The van der Waals surface area contributed by atoms with Crippen molar-refractivity contribution in [3.05, 3.63) is 35.4 Å². The van der Waals surface area contributed by atoms with E-state index in [9.17, 15) is 4.79 Å². The van der Waals surface area contributed by atoms with Gasteiger partial charge in [0.1, 0.15) is 0 Å².